The molecule has 2 aromatic carbocycles. The molecule has 196 valence electrons. The van der Waals surface area contributed by atoms with Gasteiger partial charge < -0.3 is 0 Å². The van der Waals surface area contributed by atoms with Crippen molar-refractivity contribution in [3.8, 4) is 0 Å². The Morgan fingerprint density at radius 1 is 0.343 bits per heavy atom. The van der Waals surface area contributed by atoms with Crippen molar-refractivity contribution in [3.05, 3.63) is 69.3 Å². The predicted octanol–water partition coefficient (Wildman–Crippen LogP) is 10.5. The minimum atomic E-state index is -0.138. The van der Waals surface area contributed by atoms with E-state index in [2.05, 4.69) is 148 Å². The van der Waals surface area contributed by atoms with Gasteiger partial charge >= 0.3 is 0 Å². The lowest BCUT2D eigenvalue weighted by atomic mass is 9.62. The standard InChI is InChI=1S/C35H56/c1-30(2,3)23-18-19-25(26(20-23)32(7,8)9)35(16,17)29-27(33(10,11)12)21-24(31(4,5)6)22-28(29)34(13,14)15/h18-22H,1-17H3. The van der Waals surface area contributed by atoms with Gasteiger partial charge in [-0.25, -0.2) is 0 Å². The van der Waals surface area contributed by atoms with E-state index in [1.165, 1.54) is 38.9 Å². The van der Waals surface area contributed by atoms with E-state index in [1.54, 1.807) is 0 Å². The molecule has 0 nitrogen and oxygen atoms in total. The third-order valence-corrected chi connectivity index (χ3v) is 7.61. The van der Waals surface area contributed by atoms with Crippen LogP contribution in [0.5, 0.6) is 0 Å². The highest BCUT2D eigenvalue weighted by Crippen LogP contribution is 2.48. The molecule has 0 atom stereocenters. The third kappa shape index (κ3) is 6.23. The summed E-state index contributed by atoms with van der Waals surface area (Å²) in [7, 11) is 0. The molecule has 0 unspecified atom stereocenters. The fraction of sp³-hybridized carbons (Fsp3) is 0.657. The number of benzene rings is 2. The van der Waals surface area contributed by atoms with Crippen LogP contribution in [0.15, 0.2) is 30.3 Å². The second kappa shape index (κ2) is 8.78. The third-order valence-electron chi connectivity index (χ3n) is 7.61. The van der Waals surface area contributed by atoms with Crippen molar-refractivity contribution in [3.63, 3.8) is 0 Å². The van der Waals surface area contributed by atoms with Crippen molar-refractivity contribution < 1.29 is 0 Å². The first-order valence-corrected chi connectivity index (χ1v) is 13.6. The summed E-state index contributed by atoms with van der Waals surface area (Å²) in [6.07, 6.45) is 0. The van der Waals surface area contributed by atoms with Crippen molar-refractivity contribution in [1.29, 1.82) is 0 Å². The van der Waals surface area contributed by atoms with Gasteiger partial charge in [-0.1, -0.05) is 148 Å². The minimum absolute atomic E-state index is 0.0428. The van der Waals surface area contributed by atoms with Crippen molar-refractivity contribution in [2.24, 2.45) is 0 Å². The van der Waals surface area contributed by atoms with Crippen LogP contribution in [-0.2, 0) is 32.5 Å². The topological polar surface area (TPSA) is 0 Å². The van der Waals surface area contributed by atoms with Gasteiger partial charge in [-0.2, -0.15) is 0 Å². The van der Waals surface area contributed by atoms with Gasteiger partial charge in [0.25, 0.3) is 0 Å². The fourth-order valence-corrected chi connectivity index (χ4v) is 5.24. The highest BCUT2D eigenvalue weighted by molar-refractivity contribution is 5.57. The molecule has 2 aromatic rings. The molecule has 35 heavy (non-hydrogen) atoms. The molecule has 0 heterocycles. The van der Waals surface area contributed by atoms with Gasteiger partial charge in [0.05, 0.1) is 0 Å². The maximum atomic E-state index is 2.52. The van der Waals surface area contributed by atoms with Crippen LogP contribution in [0.1, 0.15) is 157 Å². The molecule has 0 saturated heterocycles. The van der Waals surface area contributed by atoms with E-state index in [0.717, 1.165) is 0 Å². The maximum absolute atomic E-state index is 2.52. The smallest absolute Gasteiger partial charge is 0.0155 e. The zero-order valence-corrected chi connectivity index (χ0v) is 26.4. The van der Waals surface area contributed by atoms with E-state index in [9.17, 15) is 0 Å². The van der Waals surface area contributed by atoms with Crippen LogP contribution in [-0.4, -0.2) is 0 Å². The normalized spacial score (nSPS) is 14.4. The second-order valence-electron chi connectivity index (χ2n) is 16.6. The lowest BCUT2D eigenvalue weighted by Gasteiger charge is -2.42. The van der Waals surface area contributed by atoms with Crippen molar-refractivity contribution in [1.82, 2.24) is 0 Å². The van der Waals surface area contributed by atoms with Gasteiger partial charge in [0.15, 0.2) is 0 Å². The summed E-state index contributed by atoms with van der Waals surface area (Å²) < 4.78 is 0. The first-order chi connectivity index (χ1) is 15.3. The molecule has 0 fully saturated rings. The predicted molar refractivity (Wildman–Crippen MR) is 159 cm³/mol. The lowest BCUT2D eigenvalue weighted by Crippen LogP contribution is -2.34. The van der Waals surface area contributed by atoms with Gasteiger partial charge in [-0.3, -0.25) is 0 Å². The quantitative estimate of drug-likeness (QED) is 0.404. The molecule has 0 aliphatic rings. The van der Waals surface area contributed by atoms with Crippen LogP contribution < -0.4 is 0 Å². The van der Waals surface area contributed by atoms with Crippen LogP contribution in [0, 0.1) is 0 Å². The molecule has 0 aliphatic carbocycles. The molecule has 0 saturated carbocycles. The Morgan fingerprint density at radius 3 is 1.00 bits per heavy atom. The average Bonchev–Trinajstić information content (AvgIpc) is 2.62. The Kier molecular flexibility index (Phi) is 7.44. The molecule has 0 aliphatic heterocycles. The molecule has 0 spiro atoms. The summed E-state index contributed by atoms with van der Waals surface area (Å²) in [5, 5.41) is 0. The minimum Gasteiger partial charge on any atom is -0.0582 e. The van der Waals surface area contributed by atoms with Gasteiger partial charge in [0, 0.05) is 5.41 Å². The Labute approximate surface area is 219 Å². The largest absolute Gasteiger partial charge is 0.0582 e. The average molecular weight is 477 g/mol. The first kappa shape index (κ1) is 29.7. The van der Waals surface area contributed by atoms with E-state index < -0.39 is 0 Å². The van der Waals surface area contributed by atoms with Crippen LogP contribution in [0.25, 0.3) is 0 Å². The Hall–Kier alpha value is -1.56. The van der Waals surface area contributed by atoms with Gasteiger partial charge in [-0.05, 0) is 66.0 Å². The van der Waals surface area contributed by atoms with Crippen molar-refractivity contribution >= 4 is 0 Å². The van der Waals surface area contributed by atoms with E-state index in [0.29, 0.717) is 0 Å². The van der Waals surface area contributed by atoms with E-state index in [4.69, 9.17) is 0 Å². The van der Waals surface area contributed by atoms with Crippen molar-refractivity contribution in [2.45, 2.75) is 150 Å². The number of hydrogen-bond acceptors (Lipinski definition) is 0. The molecular formula is C35H56. The maximum Gasteiger partial charge on any atom is 0.0155 e. The molecule has 0 heteroatoms. The Morgan fingerprint density at radius 2 is 0.686 bits per heavy atom. The Bertz CT molecular complexity index is 1020. The summed E-state index contributed by atoms with van der Waals surface area (Å²) in [6.45, 7) is 40.3. The summed E-state index contributed by atoms with van der Waals surface area (Å²) in [4.78, 5) is 0. The van der Waals surface area contributed by atoms with E-state index in [-0.39, 0.29) is 32.5 Å². The summed E-state index contributed by atoms with van der Waals surface area (Å²) in [6, 6.07) is 12.4. The zero-order valence-electron chi connectivity index (χ0n) is 26.4. The van der Waals surface area contributed by atoms with Gasteiger partial charge in [-0.15, -0.1) is 0 Å². The molecule has 0 N–H and O–H groups in total. The Balaban J connectivity index is 3.10. The molecule has 0 aromatic heterocycles. The zero-order chi connectivity index (χ0) is 27.6. The summed E-state index contributed by atoms with van der Waals surface area (Å²) in [5.41, 5.74) is 10.5. The van der Waals surface area contributed by atoms with E-state index >= 15 is 0 Å². The first-order valence-electron chi connectivity index (χ1n) is 13.6. The number of rotatable bonds is 2. The van der Waals surface area contributed by atoms with Gasteiger partial charge in [0.2, 0.25) is 0 Å². The highest BCUT2D eigenvalue weighted by atomic mass is 14.4. The number of hydrogen-bond donors (Lipinski definition) is 0. The van der Waals surface area contributed by atoms with Crippen LogP contribution in [0.3, 0.4) is 0 Å². The monoisotopic (exact) mass is 476 g/mol. The van der Waals surface area contributed by atoms with Crippen molar-refractivity contribution in [2.75, 3.05) is 0 Å². The molecular weight excluding hydrogens is 420 g/mol. The van der Waals surface area contributed by atoms with Crippen LogP contribution >= 0.6 is 0 Å². The summed E-state index contributed by atoms with van der Waals surface area (Å²) in [5.74, 6) is 0. The van der Waals surface area contributed by atoms with E-state index in [1.807, 2.05) is 0 Å². The van der Waals surface area contributed by atoms with Crippen LogP contribution in [0.4, 0.5) is 0 Å². The highest BCUT2D eigenvalue weighted by Gasteiger charge is 2.39. The molecule has 0 radical (unpaired) electrons. The second-order valence-corrected chi connectivity index (χ2v) is 16.6. The SMILES string of the molecule is CC(C)(C)c1ccc(C(C)(C)c2c(C(C)(C)C)cc(C(C)(C)C)cc2C(C)(C)C)c(C(C)(C)C)c1. The fourth-order valence-electron chi connectivity index (χ4n) is 5.24. The molecule has 0 amide bonds. The molecule has 0 bridgehead atoms. The summed E-state index contributed by atoms with van der Waals surface area (Å²) >= 11 is 0. The van der Waals surface area contributed by atoms with Gasteiger partial charge in [0.1, 0.15) is 0 Å². The molecule has 2 rings (SSSR count). The van der Waals surface area contributed by atoms with Crippen LogP contribution in [0.2, 0.25) is 0 Å². The lowest BCUT2D eigenvalue weighted by molar-refractivity contribution is 0.494.